The lowest BCUT2D eigenvalue weighted by Crippen LogP contribution is -1.97. The van der Waals surface area contributed by atoms with Crippen LogP contribution in [0, 0.1) is 0 Å². The molecule has 45 heavy (non-hydrogen) atoms. The molecule has 0 aliphatic rings. The predicted molar refractivity (Wildman–Crippen MR) is 190 cm³/mol. The van der Waals surface area contributed by atoms with Crippen molar-refractivity contribution in [2.24, 2.45) is 0 Å². The smallest absolute Gasteiger partial charge is 0.145 e. The number of imidazole rings is 1. The highest BCUT2D eigenvalue weighted by Gasteiger charge is 2.21. The van der Waals surface area contributed by atoms with Gasteiger partial charge in [0.25, 0.3) is 0 Å². The molecule has 0 unspecified atom stereocenters. The Morgan fingerprint density at radius 3 is 1.67 bits per heavy atom. The van der Waals surface area contributed by atoms with E-state index in [-0.39, 0.29) is 0 Å². The highest BCUT2D eigenvalue weighted by atomic mass is 15.1. The van der Waals surface area contributed by atoms with E-state index in [0.717, 1.165) is 33.7 Å². The van der Waals surface area contributed by atoms with Gasteiger partial charge in [-0.15, -0.1) is 0 Å². The third-order valence-corrected chi connectivity index (χ3v) is 8.97. The van der Waals surface area contributed by atoms with Gasteiger partial charge in [-0.1, -0.05) is 146 Å². The minimum absolute atomic E-state index is 0.936. The molecule has 2 heteroatoms. The highest BCUT2D eigenvalue weighted by molar-refractivity contribution is 6.23. The predicted octanol–water partition coefficient (Wildman–Crippen LogP) is 11.5. The molecular formula is C43H28N2. The topological polar surface area (TPSA) is 17.8 Å². The first kappa shape index (κ1) is 25.5. The fraction of sp³-hybridized carbons (Fsp3) is 0. The summed E-state index contributed by atoms with van der Waals surface area (Å²) in [4.78, 5) is 5.43. The number of benzene rings is 8. The van der Waals surface area contributed by atoms with Crippen LogP contribution in [0.1, 0.15) is 0 Å². The molecule has 0 amide bonds. The summed E-state index contributed by atoms with van der Waals surface area (Å²) in [5, 5.41) is 7.43. The minimum Gasteiger partial charge on any atom is -0.292 e. The molecule has 0 N–H and O–H groups in total. The van der Waals surface area contributed by atoms with Crippen LogP contribution in [0.4, 0.5) is 0 Å². The Balaban J connectivity index is 1.39. The van der Waals surface area contributed by atoms with Crippen molar-refractivity contribution in [2.45, 2.75) is 0 Å². The van der Waals surface area contributed by atoms with Gasteiger partial charge in [0, 0.05) is 16.8 Å². The standard InChI is InChI=1S/C43H28N2/c1-3-15-30(16-4-1)43-44-42-38(24-13-25-39(42)45(43)33-18-5-2-6-19-33)41-36-22-11-9-20-34(36)40(35-21-10-12-23-37(35)41)32-27-26-29-14-7-8-17-31(29)28-32/h1-28H. The van der Waals surface area contributed by atoms with Gasteiger partial charge in [-0.3, -0.25) is 4.57 Å². The van der Waals surface area contributed by atoms with Crippen LogP contribution in [0.2, 0.25) is 0 Å². The average Bonchev–Trinajstić information content (AvgIpc) is 3.51. The number of para-hydroxylation sites is 2. The van der Waals surface area contributed by atoms with Gasteiger partial charge in [-0.2, -0.15) is 0 Å². The molecule has 0 aliphatic carbocycles. The summed E-state index contributed by atoms with van der Waals surface area (Å²) in [6.07, 6.45) is 0. The van der Waals surface area contributed by atoms with E-state index in [9.17, 15) is 0 Å². The number of rotatable bonds is 4. The Morgan fingerprint density at radius 1 is 0.400 bits per heavy atom. The van der Waals surface area contributed by atoms with Crippen LogP contribution >= 0.6 is 0 Å². The zero-order valence-corrected chi connectivity index (χ0v) is 24.6. The third kappa shape index (κ3) is 4.07. The minimum atomic E-state index is 0.936. The molecule has 0 spiro atoms. The molecule has 0 bridgehead atoms. The van der Waals surface area contributed by atoms with Crippen LogP contribution in [0.15, 0.2) is 170 Å². The summed E-state index contributed by atoms with van der Waals surface area (Å²) in [6.45, 7) is 0. The maximum absolute atomic E-state index is 5.43. The Labute approximate surface area is 261 Å². The van der Waals surface area contributed by atoms with Crippen LogP contribution in [-0.4, -0.2) is 9.55 Å². The van der Waals surface area contributed by atoms with Crippen LogP contribution in [0.25, 0.3) is 82.7 Å². The molecule has 0 saturated heterocycles. The monoisotopic (exact) mass is 572 g/mol. The van der Waals surface area contributed by atoms with Crippen molar-refractivity contribution in [3.8, 4) is 39.3 Å². The molecule has 9 aromatic rings. The SMILES string of the molecule is c1ccc(-c2nc3c(-c4c5ccccc5c(-c5ccc6ccccc6c5)c5ccccc45)cccc3n2-c2ccccc2)cc1. The van der Waals surface area contributed by atoms with Crippen LogP contribution in [-0.2, 0) is 0 Å². The quantitative estimate of drug-likeness (QED) is 0.192. The Morgan fingerprint density at radius 2 is 0.978 bits per heavy atom. The fourth-order valence-electron chi connectivity index (χ4n) is 6.99. The van der Waals surface area contributed by atoms with Gasteiger partial charge in [-0.05, 0) is 73.3 Å². The summed E-state index contributed by atoms with van der Waals surface area (Å²) in [5.41, 5.74) is 9.11. The number of hydrogen-bond acceptors (Lipinski definition) is 1. The van der Waals surface area contributed by atoms with E-state index in [1.807, 2.05) is 0 Å². The molecule has 0 atom stereocenters. The molecule has 2 nitrogen and oxygen atoms in total. The molecule has 210 valence electrons. The van der Waals surface area contributed by atoms with Crippen molar-refractivity contribution in [3.63, 3.8) is 0 Å². The van der Waals surface area contributed by atoms with Crippen LogP contribution < -0.4 is 0 Å². The molecule has 0 radical (unpaired) electrons. The summed E-state index contributed by atoms with van der Waals surface area (Å²) in [7, 11) is 0. The molecule has 0 fully saturated rings. The van der Waals surface area contributed by atoms with Crippen molar-refractivity contribution in [1.82, 2.24) is 9.55 Å². The molecule has 9 rings (SSSR count). The Hall–Kier alpha value is -5.99. The van der Waals surface area contributed by atoms with Crippen molar-refractivity contribution in [3.05, 3.63) is 170 Å². The molecule has 1 aromatic heterocycles. The first-order chi connectivity index (χ1) is 22.3. The second-order valence-electron chi connectivity index (χ2n) is 11.5. The molecule has 8 aromatic carbocycles. The van der Waals surface area contributed by atoms with Gasteiger partial charge in [-0.25, -0.2) is 4.98 Å². The van der Waals surface area contributed by atoms with E-state index in [4.69, 9.17) is 4.98 Å². The van der Waals surface area contributed by atoms with E-state index >= 15 is 0 Å². The number of hydrogen-bond donors (Lipinski definition) is 0. The molecule has 0 saturated carbocycles. The van der Waals surface area contributed by atoms with Gasteiger partial charge in [0.2, 0.25) is 0 Å². The summed E-state index contributed by atoms with van der Waals surface area (Å²) >= 11 is 0. The van der Waals surface area contributed by atoms with E-state index in [2.05, 4.69) is 174 Å². The maximum atomic E-state index is 5.43. The van der Waals surface area contributed by atoms with Gasteiger partial charge in [0.1, 0.15) is 5.82 Å². The molecule has 0 aliphatic heterocycles. The highest BCUT2D eigenvalue weighted by Crippen LogP contribution is 2.46. The van der Waals surface area contributed by atoms with E-state index in [0.29, 0.717) is 0 Å². The molecular weight excluding hydrogens is 544 g/mol. The third-order valence-electron chi connectivity index (χ3n) is 8.97. The number of nitrogens with zero attached hydrogens (tertiary/aromatic N) is 2. The second-order valence-corrected chi connectivity index (χ2v) is 11.5. The van der Waals surface area contributed by atoms with Crippen molar-refractivity contribution in [2.75, 3.05) is 0 Å². The maximum Gasteiger partial charge on any atom is 0.145 e. The average molecular weight is 573 g/mol. The molecule has 1 heterocycles. The number of fused-ring (bicyclic) bond motifs is 4. The number of aromatic nitrogens is 2. The Kier molecular flexibility index (Phi) is 5.85. The van der Waals surface area contributed by atoms with Gasteiger partial charge < -0.3 is 0 Å². The first-order valence-electron chi connectivity index (χ1n) is 15.4. The normalized spacial score (nSPS) is 11.6. The lowest BCUT2D eigenvalue weighted by Gasteiger charge is -2.18. The van der Waals surface area contributed by atoms with E-state index in [1.165, 1.54) is 49.0 Å². The van der Waals surface area contributed by atoms with Crippen LogP contribution in [0.3, 0.4) is 0 Å². The zero-order valence-electron chi connectivity index (χ0n) is 24.6. The Bertz CT molecular complexity index is 2470. The van der Waals surface area contributed by atoms with Crippen LogP contribution in [0.5, 0.6) is 0 Å². The van der Waals surface area contributed by atoms with Gasteiger partial charge in [0.15, 0.2) is 0 Å². The second kappa shape index (κ2) is 10.3. The van der Waals surface area contributed by atoms with Gasteiger partial charge in [0.05, 0.1) is 11.0 Å². The van der Waals surface area contributed by atoms with E-state index < -0.39 is 0 Å². The summed E-state index contributed by atoms with van der Waals surface area (Å²) in [6, 6.07) is 60.8. The van der Waals surface area contributed by atoms with E-state index in [1.54, 1.807) is 0 Å². The summed E-state index contributed by atoms with van der Waals surface area (Å²) in [5.74, 6) is 0.936. The lowest BCUT2D eigenvalue weighted by atomic mass is 9.85. The van der Waals surface area contributed by atoms with Crippen molar-refractivity contribution < 1.29 is 0 Å². The fourth-order valence-corrected chi connectivity index (χ4v) is 6.99. The first-order valence-corrected chi connectivity index (χ1v) is 15.4. The van der Waals surface area contributed by atoms with Crippen molar-refractivity contribution in [1.29, 1.82) is 0 Å². The largest absolute Gasteiger partial charge is 0.292 e. The summed E-state index contributed by atoms with van der Waals surface area (Å²) < 4.78 is 2.29. The lowest BCUT2D eigenvalue weighted by molar-refractivity contribution is 1.10. The van der Waals surface area contributed by atoms with Crippen molar-refractivity contribution >= 4 is 43.4 Å². The van der Waals surface area contributed by atoms with Gasteiger partial charge >= 0.3 is 0 Å². The zero-order chi connectivity index (χ0) is 29.7.